The predicted molar refractivity (Wildman–Crippen MR) is 134 cm³/mol. The summed E-state index contributed by atoms with van der Waals surface area (Å²) in [5, 5.41) is 7.84. The molecule has 30 heavy (non-hydrogen) atoms. The molecule has 1 saturated heterocycles. The van der Waals surface area contributed by atoms with Crippen molar-refractivity contribution in [3.05, 3.63) is 44.9 Å². The largest absolute Gasteiger partial charge is 0.493 e. The average molecular weight is 545 g/mol. The minimum Gasteiger partial charge on any atom is -0.493 e. The molecule has 2 heterocycles. The summed E-state index contributed by atoms with van der Waals surface area (Å²) in [6.07, 6.45) is 1.07. The molecule has 1 aromatic carbocycles. The maximum absolute atomic E-state index is 6.15. The highest BCUT2D eigenvalue weighted by Crippen LogP contribution is 2.23. The molecular formula is C22H33IN4O2S. The predicted octanol–water partition coefficient (Wildman–Crippen LogP) is 4.36. The molecule has 3 rings (SSSR count). The molecule has 1 aliphatic rings. The summed E-state index contributed by atoms with van der Waals surface area (Å²) in [4.78, 5) is 10.5. The average Bonchev–Trinajstić information content (AvgIpc) is 3.32. The minimum absolute atomic E-state index is 0. The van der Waals surface area contributed by atoms with Crippen molar-refractivity contribution in [2.24, 2.45) is 10.9 Å². The summed E-state index contributed by atoms with van der Waals surface area (Å²) in [5.74, 6) is 2.20. The lowest BCUT2D eigenvalue weighted by Gasteiger charge is -2.15. The third kappa shape index (κ3) is 7.39. The molecule has 1 unspecified atom stereocenters. The van der Waals surface area contributed by atoms with Crippen LogP contribution in [-0.2, 0) is 17.8 Å². The van der Waals surface area contributed by atoms with Crippen LogP contribution < -0.4 is 15.4 Å². The minimum atomic E-state index is 0. The van der Waals surface area contributed by atoms with E-state index < -0.39 is 0 Å². The Balaban J connectivity index is 0.00000320. The van der Waals surface area contributed by atoms with Crippen LogP contribution >= 0.6 is 35.3 Å². The molecular weight excluding hydrogens is 511 g/mol. The van der Waals surface area contributed by atoms with E-state index in [-0.39, 0.29) is 24.0 Å². The van der Waals surface area contributed by atoms with Crippen LogP contribution in [0.15, 0.2) is 23.2 Å². The zero-order valence-electron chi connectivity index (χ0n) is 18.3. The van der Waals surface area contributed by atoms with Gasteiger partial charge in [-0.25, -0.2) is 9.98 Å². The van der Waals surface area contributed by atoms with Crippen molar-refractivity contribution in [3.8, 4) is 5.75 Å². The molecule has 0 amide bonds. The highest BCUT2D eigenvalue weighted by molar-refractivity contribution is 14.0. The van der Waals surface area contributed by atoms with Gasteiger partial charge in [-0.1, -0.05) is 12.1 Å². The van der Waals surface area contributed by atoms with Crippen LogP contribution in [0.25, 0.3) is 0 Å². The van der Waals surface area contributed by atoms with E-state index in [1.165, 1.54) is 10.4 Å². The number of aliphatic imine (C=N–C) groups is 1. The van der Waals surface area contributed by atoms with Gasteiger partial charge in [-0.15, -0.1) is 35.3 Å². The van der Waals surface area contributed by atoms with Crippen LogP contribution in [0.5, 0.6) is 5.75 Å². The molecule has 6 nitrogen and oxygen atoms in total. The lowest BCUT2D eigenvalue weighted by molar-refractivity contribution is 0.166. The first-order valence-corrected chi connectivity index (χ1v) is 11.1. The summed E-state index contributed by atoms with van der Waals surface area (Å²) in [7, 11) is 0. The van der Waals surface area contributed by atoms with E-state index in [1.54, 1.807) is 11.3 Å². The van der Waals surface area contributed by atoms with Gasteiger partial charge in [0.2, 0.25) is 0 Å². The van der Waals surface area contributed by atoms with Crippen LogP contribution in [0.4, 0.5) is 0 Å². The first kappa shape index (κ1) is 24.9. The van der Waals surface area contributed by atoms with Crippen LogP contribution in [-0.4, -0.2) is 37.3 Å². The van der Waals surface area contributed by atoms with Crippen molar-refractivity contribution in [1.82, 2.24) is 15.6 Å². The van der Waals surface area contributed by atoms with Gasteiger partial charge in [0.05, 0.1) is 37.0 Å². The molecule has 2 N–H and O–H groups in total. The van der Waals surface area contributed by atoms with Crippen LogP contribution in [0, 0.1) is 26.7 Å². The molecule has 0 radical (unpaired) electrons. The Morgan fingerprint density at radius 2 is 2.13 bits per heavy atom. The number of aromatic nitrogens is 1. The van der Waals surface area contributed by atoms with Gasteiger partial charge >= 0.3 is 0 Å². The van der Waals surface area contributed by atoms with Crippen molar-refractivity contribution < 1.29 is 9.47 Å². The van der Waals surface area contributed by atoms with Gasteiger partial charge < -0.3 is 20.1 Å². The zero-order chi connectivity index (χ0) is 20.6. The molecule has 0 bridgehead atoms. The molecule has 0 spiro atoms. The lowest BCUT2D eigenvalue weighted by atomic mass is 10.1. The number of benzene rings is 1. The Bertz CT molecular complexity index is 835. The van der Waals surface area contributed by atoms with Gasteiger partial charge in [-0.3, -0.25) is 0 Å². The van der Waals surface area contributed by atoms with Gasteiger partial charge in [-0.05, 0) is 45.7 Å². The number of guanidine groups is 1. The summed E-state index contributed by atoms with van der Waals surface area (Å²) in [5.41, 5.74) is 3.37. The Morgan fingerprint density at radius 1 is 1.30 bits per heavy atom. The van der Waals surface area contributed by atoms with Crippen LogP contribution in [0.2, 0.25) is 0 Å². The molecule has 2 aromatic rings. The van der Waals surface area contributed by atoms with Crippen molar-refractivity contribution in [1.29, 1.82) is 0 Å². The smallest absolute Gasteiger partial charge is 0.191 e. The Hall–Kier alpha value is -1.39. The van der Waals surface area contributed by atoms with Gasteiger partial charge in [0.15, 0.2) is 5.96 Å². The fraction of sp³-hybridized carbons (Fsp3) is 0.545. The van der Waals surface area contributed by atoms with E-state index in [0.717, 1.165) is 60.7 Å². The summed E-state index contributed by atoms with van der Waals surface area (Å²) in [6, 6.07) is 6.32. The number of hydrogen-bond donors (Lipinski definition) is 2. The normalized spacial score (nSPS) is 16.3. The number of nitrogens with zero attached hydrogens (tertiary/aromatic N) is 2. The Labute approximate surface area is 200 Å². The third-order valence-corrected chi connectivity index (χ3v) is 5.96. The van der Waals surface area contributed by atoms with E-state index in [1.807, 2.05) is 6.92 Å². The number of hydrogen-bond acceptors (Lipinski definition) is 5. The van der Waals surface area contributed by atoms with Crippen molar-refractivity contribution in [2.45, 2.75) is 47.2 Å². The fourth-order valence-corrected chi connectivity index (χ4v) is 4.13. The standard InChI is InChI=1S/C22H32N4O2S.HI/c1-5-23-22(25-12-21-16(3)26-17(4)29-21)24-11-19-7-6-15(2)10-20(19)28-14-18-8-9-27-13-18;/h6-7,10,18H,5,8-9,11-14H2,1-4H3,(H2,23,24,25);1H. The second-order valence-corrected chi connectivity index (χ2v) is 8.73. The first-order chi connectivity index (χ1) is 14.0. The summed E-state index contributed by atoms with van der Waals surface area (Å²) < 4.78 is 11.6. The lowest BCUT2D eigenvalue weighted by Crippen LogP contribution is -2.36. The quantitative estimate of drug-likeness (QED) is 0.294. The maximum atomic E-state index is 6.15. The monoisotopic (exact) mass is 544 g/mol. The van der Waals surface area contributed by atoms with Crippen molar-refractivity contribution >= 4 is 41.3 Å². The molecule has 1 aromatic heterocycles. The third-order valence-electron chi connectivity index (χ3n) is 4.89. The van der Waals surface area contributed by atoms with Gasteiger partial charge in [0.25, 0.3) is 0 Å². The summed E-state index contributed by atoms with van der Waals surface area (Å²) >= 11 is 1.72. The van der Waals surface area contributed by atoms with Crippen molar-refractivity contribution in [2.75, 3.05) is 26.4 Å². The molecule has 166 valence electrons. The molecule has 1 fully saturated rings. The van der Waals surface area contributed by atoms with Crippen molar-refractivity contribution in [3.63, 3.8) is 0 Å². The van der Waals surface area contributed by atoms with Gasteiger partial charge in [-0.2, -0.15) is 0 Å². The SMILES string of the molecule is CCNC(=NCc1ccc(C)cc1OCC1CCOC1)NCc1sc(C)nc1C.I. The Morgan fingerprint density at radius 3 is 2.80 bits per heavy atom. The molecule has 1 aliphatic heterocycles. The highest BCUT2D eigenvalue weighted by Gasteiger charge is 2.17. The zero-order valence-corrected chi connectivity index (χ0v) is 21.4. The summed E-state index contributed by atoms with van der Waals surface area (Å²) in [6.45, 7) is 12.7. The number of aryl methyl sites for hydroxylation is 3. The highest BCUT2D eigenvalue weighted by atomic mass is 127. The molecule has 0 saturated carbocycles. The molecule has 0 aliphatic carbocycles. The number of rotatable bonds is 8. The van der Waals surface area contributed by atoms with Crippen LogP contribution in [0.3, 0.4) is 0 Å². The fourth-order valence-electron chi connectivity index (χ4n) is 3.26. The molecule has 1 atom stereocenters. The number of thiazole rings is 1. The van der Waals surface area contributed by atoms with E-state index in [9.17, 15) is 0 Å². The van der Waals surface area contributed by atoms with E-state index in [0.29, 0.717) is 19.1 Å². The topological polar surface area (TPSA) is 67.8 Å². The van der Waals surface area contributed by atoms with E-state index in [4.69, 9.17) is 14.5 Å². The second-order valence-electron chi connectivity index (χ2n) is 7.44. The molecule has 8 heteroatoms. The maximum Gasteiger partial charge on any atom is 0.191 e. The number of halogens is 1. The van der Waals surface area contributed by atoms with E-state index in [2.05, 4.69) is 54.6 Å². The Kier molecular flexibility index (Phi) is 10.3. The second kappa shape index (κ2) is 12.5. The first-order valence-electron chi connectivity index (χ1n) is 10.3. The van der Waals surface area contributed by atoms with Gasteiger partial charge in [0, 0.05) is 29.5 Å². The number of nitrogens with one attached hydrogen (secondary N) is 2. The van der Waals surface area contributed by atoms with Crippen LogP contribution in [0.1, 0.15) is 40.1 Å². The van der Waals surface area contributed by atoms with E-state index >= 15 is 0 Å². The van der Waals surface area contributed by atoms with Gasteiger partial charge in [0.1, 0.15) is 5.75 Å². The number of ether oxygens (including phenoxy) is 2.